The van der Waals surface area contributed by atoms with Gasteiger partial charge in [0.15, 0.2) is 5.13 Å². The van der Waals surface area contributed by atoms with E-state index in [0.717, 1.165) is 60.4 Å². The molecule has 0 amide bonds. The number of anilines is 3. The predicted molar refractivity (Wildman–Crippen MR) is 254 cm³/mol. The van der Waals surface area contributed by atoms with Gasteiger partial charge in [0, 0.05) is 55.4 Å². The molecule has 0 aliphatic heterocycles. The second-order valence-electron chi connectivity index (χ2n) is 15.2. The lowest BCUT2D eigenvalue weighted by Crippen LogP contribution is -2.09. The minimum atomic E-state index is 0.917. The minimum Gasteiger partial charge on any atom is -0.309 e. The average Bonchev–Trinajstić information content (AvgIpc) is 4.01. The maximum Gasteiger partial charge on any atom is 0.195 e. The number of nitrogens with zero attached hydrogens (tertiary/aromatic N) is 4. The molecular weight excluding hydrogens is 749 g/mol. The van der Waals surface area contributed by atoms with Crippen LogP contribution in [-0.4, -0.2) is 14.1 Å². The standard InChI is InChI=1S/C55H36N4S/c1-3-15-39(16-4-1)57(40-17-5-2-6-18-40)55-56-53-43(37-27-31-41(32-28-37)58-49-23-11-7-19-45(49)46-20-8-12-24-50(46)58)35-36-44(54(53)60-55)38-29-33-42(34-30-38)59-51-25-13-9-21-47(51)48-22-10-14-26-52(48)59/h1-36H. The van der Waals surface area contributed by atoms with Crippen molar-refractivity contribution < 1.29 is 0 Å². The average molecular weight is 785 g/mol. The molecule has 0 unspecified atom stereocenters. The molecule has 60 heavy (non-hydrogen) atoms. The molecule has 0 radical (unpaired) electrons. The van der Waals surface area contributed by atoms with Crippen LogP contribution in [0.5, 0.6) is 0 Å². The summed E-state index contributed by atoms with van der Waals surface area (Å²) in [6, 6.07) is 78.4. The van der Waals surface area contributed by atoms with Gasteiger partial charge in [0.1, 0.15) is 0 Å². The van der Waals surface area contributed by atoms with Gasteiger partial charge in [0.25, 0.3) is 0 Å². The lowest BCUT2D eigenvalue weighted by Gasteiger charge is -2.22. The van der Waals surface area contributed by atoms with Gasteiger partial charge in [0.2, 0.25) is 0 Å². The molecular formula is C55H36N4S. The zero-order valence-corrected chi connectivity index (χ0v) is 33.3. The fourth-order valence-electron chi connectivity index (χ4n) is 9.06. The first-order chi connectivity index (χ1) is 29.8. The highest BCUT2D eigenvalue weighted by Gasteiger charge is 2.22. The monoisotopic (exact) mass is 784 g/mol. The molecule has 0 N–H and O–H groups in total. The van der Waals surface area contributed by atoms with Crippen LogP contribution in [-0.2, 0) is 0 Å². The van der Waals surface area contributed by atoms with Gasteiger partial charge in [-0.25, -0.2) is 4.98 Å². The Morgan fingerprint density at radius 2 is 0.717 bits per heavy atom. The second kappa shape index (κ2) is 14.0. The number of thiazole rings is 1. The van der Waals surface area contributed by atoms with Gasteiger partial charge >= 0.3 is 0 Å². The Hall–Kier alpha value is -7.73. The summed E-state index contributed by atoms with van der Waals surface area (Å²) in [5.41, 5.74) is 14.7. The number of aromatic nitrogens is 3. The van der Waals surface area contributed by atoms with E-state index in [1.165, 1.54) is 43.6 Å². The molecule has 3 aromatic heterocycles. The first kappa shape index (κ1) is 34.3. The molecule has 3 heterocycles. The molecule has 0 atom stereocenters. The van der Waals surface area contributed by atoms with Crippen LogP contribution in [0.25, 0.3) is 87.5 Å². The normalized spacial score (nSPS) is 11.7. The summed E-state index contributed by atoms with van der Waals surface area (Å²) in [7, 11) is 0. The van der Waals surface area contributed by atoms with Crippen LogP contribution >= 0.6 is 11.3 Å². The number of fused-ring (bicyclic) bond motifs is 7. The van der Waals surface area contributed by atoms with Crippen LogP contribution in [0.2, 0.25) is 0 Å². The van der Waals surface area contributed by atoms with Gasteiger partial charge in [-0.1, -0.05) is 157 Å². The Bertz CT molecular complexity index is 3190. The van der Waals surface area contributed by atoms with Crippen molar-refractivity contribution in [2.75, 3.05) is 4.90 Å². The first-order valence-corrected chi connectivity index (χ1v) is 21.1. The molecule has 12 rings (SSSR count). The van der Waals surface area contributed by atoms with E-state index >= 15 is 0 Å². The number of hydrogen-bond acceptors (Lipinski definition) is 3. The van der Waals surface area contributed by atoms with E-state index in [9.17, 15) is 0 Å². The summed E-state index contributed by atoms with van der Waals surface area (Å²) in [4.78, 5) is 7.82. The van der Waals surface area contributed by atoms with Crippen LogP contribution in [0.4, 0.5) is 16.5 Å². The van der Waals surface area contributed by atoms with Crippen molar-refractivity contribution in [3.63, 3.8) is 0 Å². The van der Waals surface area contributed by atoms with E-state index in [1.807, 2.05) is 0 Å². The molecule has 0 bridgehead atoms. The fraction of sp³-hybridized carbons (Fsp3) is 0. The lowest BCUT2D eigenvalue weighted by atomic mass is 9.98. The summed E-state index contributed by atoms with van der Waals surface area (Å²) in [5.74, 6) is 0. The quantitative estimate of drug-likeness (QED) is 0.161. The van der Waals surface area contributed by atoms with Gasteiger partial charge < -0.3 is 9.13 Å². The molecule has 0 saturated carbocycles. The van der Waals surface area contributed by atoms with Gasteiger partial charge in [-0.15, -0.1) is 0 Å². The summed E-state index contributed by atoms with van der Waals surface area (Å²) in [6.07, 6.45) is 0. The Morgan fingerprint density at radius 1 is 0.350 bits per heavy atom. The number of para-hydroxylation sites is 6. The van der Waals surface area contributed by atoms with E-state index in [0.29, 0.717) is 0 Å². The Labute approximate surface area is 351 Å². The lowest BCUT2D eigenvalue weighted by molar-refractivity contribution is 1.18. The van der Waals surface area contributed by atoms with Gasteiger partial charge in [-0.2, -0.15) is 0 Å². The van der Waals surface area contributed by atoms with E-state index in [-0.39, 0.29) is 0 Å². The Balaban J connectivity index is 1.02. The van der Waals surface area contributed by atoms with Crippen LogP contribution < -0.4 is 4.90 Å². The van der Waals surface area contributed by atoms with E-state index in [4.69, 9.17) is 4.98 Å². The van der Waals surface area contributed by atoms with Crippen LogP contribution in [0.1, 0.15) is 0 Å². The zero-order valence-electron chi connectivity index (χ0n) is 32.5. The smallest absolute Gasteiger partial charge is 0.195 e. The second-order valence-corrected chi connectivity index (χ2v) is 16.2. The van der Waals surface area contributed by atoms with Crippen molar-refractivity contribution in [1.82, 2.24) is 14.1 Å². The number of rotatable bonds is 7. The highest BCUT2D eigenvalue weighted by molar-refractivity contribution is 7.23. The maximum absolute atomic E-state index is 5.54. The summed E-state index contributed by atoms with van der Waals surface area (Å²) in [5, 5.41) is 5.95. The van der Waals surface area contributed by atoms with Crippen molar-refractivity contribution in [2.45, 2.75) is 0 Å². The van der Waals surface area contributed by atoms with Gasteiger partial charge in [-0.05, 0) is 83.9 Å². The third-order valence-corrected chi connectivity index (χ3v) is 12.9. The van der Waals surface area contributed by atoms with E-state index in [1.54, 1.807) is 11.3 Å². The van der Waals surface area contributed by atoms with Crippen molar-refractivity contribution in [1.29, 1.82) is 0 Å². The maximum atomic E-state index is 5.54. The van der Waals surface area contributed by atoms with Crippen molar-refractivity contribution in [2.24, 2.45) is 0 Å². The third kappa shape index (κ3) is 5.48. The molecule has 282 valence electrons. The molecule has 0 spiro atoms. The molecule has 0 saturated heterocycles. The molecule has 4 nitrogen and oxygen atoms in total. The Morgan fingerprint density at radius 3 is 1.15 bits per heavy atom. The molecule has 12 aromatic rings. The van der Waals surface area contributed by atoms with Crippen LogP contribution in [0, 0.1) is 0 Å². The molecule has 9 aromatic carbocycles. The zero-order chi connectivity index (χ0) is 39.6. The topological polar surface area (TPSA) is 26.0 Å². The largest absolute Gasteiger partial charge is 0.309 e. The predicted octanol–water partition coefficient (Wildman–Crippen LogP) is 15.3. The summed E-state index contributed by atoms with van der Waals surface area (Å²) >= 11 is 1.74. The highest BCUT2D eigenvalue weighted by atomic mass is 32.1. The fourth-order valence-corrected chi connectivity index (χ4v) is 10.2. The SMILES string of the molecule is c1ccc(N(c2ccccc2)c2nc3c(-c4ccc(-n5c6ccccc6c6ccccc65)cc4)ccc(-c4ccc(-n5c6ccccc6c6ccccc65)cc4)c3s2)cc1. The van der Waals surface area contributed by atoms with Crippen molar-refractivity contribution in [3.8, 4) is 33.6 Å². The molecule has 0 aliphatic rings. The molecule has 0 fully saturated rings. The minimum absolute atomic E-state index is 0.917. The highest BCUT2D eigenvalue weighted by Crippen LogP contribution is 2.46. The van der Waals surface area contributed by atoms with Gasteiger partial charge in [0.05, 0.1) is 32.3 Å². The van der Waals surface area contributed by atoms with Crippen LogP contribution in [0.3, 0.4) is 0 Å². The molecule has 0 aliphatic carbocycles. The number of benzene rings is 9. The van der Waals surface area contributed by atoms with Crippen LogP contribution in [0.15, 0.2) is 218 Å². The van der Waals surface area contributed by atoms with E-state index in [2.05, 4.69) is 232 Å². The van der Waals surface area contributed by atoms with Crippen molar-refractivity contribution in [3.05, 3.63) is 218 Å². The van der Waals surface area contributed by atoms with Gasteiger partial charge in [-0.3, -0.25) is 4.90 Å². The Kier molecular flexibility index (Phi) is 8.00. The van der Waals surface area contributed by atoms with Crippen molar-refractivity contribution >= 4 is 81.7 Å². The summed E-state index contributed by atoms with van der Waals surface area (Å²) in [6.45, 7) is 0. The first-order valence-electron chi connectivity index (χ1n) is 20.3. The third-order valence-electron chi connectivity index (χ3n) is 11.8. The molecule has 5 heteroatoms. The number of hydrogen-bond donors (Lipinski definition) is 0. The summed E-state index contributed by atoms with van der Waals surface area (Å²) < 4.78 is 5.89. The van der Waals surface area contributed by atoms with E-state index < -0.39 is 0 Å².